The van der Waals surface area contributed by atoms with Crippen molar-refractivity contribution in [1.82, 2.24) is 4.57 Å². The summed E-state index contributed by atoms with van der Waals surface area (Å²) in [5.41, 5.74) is 4.46. The molecule has 0 aliphatic heterocycles. The molecule has 0 radical (unpaired) electrons. The van der Waals surface area contributed by atoms with Gasteiger partial charge in [-0.3, -0.25) is 0 Å². The number of esters is 1. The van der Waals surface area contributed by atoms with Crippen LogP contribution in [0.2, 0.25) is 0 Å². The summed E-state index contributed by atoms with van der Waals surface area (Å²) in [7, 11) is 0. The third kappa shape index (κ3) is 5.50. The number of ether oxygens (including phenoxy) is 2. The van der Waals surface area contributed by atoms with Crippen LogP contribution < -0.4 is 10.1 Å². The van der Waals surface area contributed by atoms with E-state index in [0.29, 0.717) is 24.5 Å². The summed E-state index contributed by atoms with van der Waals surface area (Å²) < 4.78 is 13.3. The molecule has 32 heavy (non-hydrogen) atoms. The fourth-order valence-electron chi connectivity index (χ4n) is 3.73. The van der Waals surface area contributed by atoms with Crippen molar-refractivity contribution in [2.24, 2.45) is 0 Å². The predicted molar refractivity (Wildman–Crippen MR) is 127 cm³/mol. The summed E-state index contributed by atoms with van der Waals surface area (Å²) in [6.07, 6.45) is -0.589. The summed E-state index contributed by atoms with van der Waals surface area (Å²) in [4.78, 5) is 12.8. The maximum Gasteiger partial charge on any atom is 0.340 e. The van der Waals surface area contributed by atoms with E-state index in [4.69, 9.17) is 9.47 Å². The average Bonchev–Trinajstić information content (AvgIpc) is 3.02. The van der Waals surface area contributed by atoms with Crippen molar-refractivity contribution in [2.75, 3.05) is 19.8 Å². The molecule has 0 spiro atoms. The number of nitrogens with zero attached hydrogens (tertiary/aromatic N) is 1. The normalized spacial score (nSPS) is 12.7. The van der Waals surface area contributed by atoms with E-state index in [1.807, 2.05) is 44.2 Å². The van der Waals surface area contributed by atoms with Crippen molar-refractivity contribution in [3.05, 3.63) is 59.3 Å². The van der Waals surface area contributed by atoms with Crippen molar-refractivity contribution in [2.45, 2.75) is 53.2 Å². The Hall–Kier alpha value is -2.83. The first-order valence-electron chi connectivity index (χ1n) is 11.1. The first kappa shape index (κ1) is 23.8. The van der Waals surface area contributed by atoms with Crippen molar-refractivity contribution in [3.8, 4) is 11.4 Å². The topological polar surface area (TPSA) is 77.3 Å². The number of rotatable bonds is 8. The lowest BCUT2D eigenvalue weighted by molar-refractivity contribution is -0.722. The number of hydrogen-bond acceptors (Lipinski definition) is 4. The van der Waals surface area contributed by atoms with E-state index in [9.17, 15) is 9.90 Å². The second-order valence-corrected chi connectivity index (χ2v) is 9.30. The molecule has 0 saturated heterocycles. The molecule has 0 bridgehead atoms. The number of fused-ring (bicyclic) bond motifs is 1. The minimum absolute atomic E-state index is 0.0465. The maximum atomic E-state index is 12.8. The van der Waals surface area contributed by atoms with Crippen molar-refractivity contribution in [3.63, 3.8) is 0 Å². The Morgan fingerprint density at radius 3 is 2.44 bits per heavy atom. The van der Waals surface area contributed by atoms with Gasteiger partial charge in [0.05, 0.1) is 23.2 Å². The Morgan fingerprint density at radius 2 is 1.81 bits per heavy atom. The highest BCUT2D eigenvalue weighted by atomic mass is 16.5. The minimum atomic E-state index is -0.589. The number of carbonyl (C=O) groups excluding carboxylic acids is 1. The number of nitrogens with two attached hydrogens (primary N) is 1. The standard InChI is InChI=1S/C26H34N2O4/c1-7-31-25(30)24-18(3)28(19-10-8-17(2)9-11-19)23-13-12-21(14-22(23)24)32-16-20(29)15-27-26(4,5)6/h8-14,20,27,29H,7,15-16H2,1-6H3/p+1. The lowest BCUT2D eigenvalue weighted by Gasteiger charge is -2.19. The van der Waals surface area contributed by atoms with E-state index in [2.05, 4.69) is 42.8 Å². The molecule has 1 unspecified atom stereocenters. The zero-order valence-electron chi connectivity index (χ0n) is 19.9. The molecule has 0 amide bonds. The van der Waals surface area contributed by atoms with Gasteiger partial charge in [-0.1, -0.05) is 17.7 Å². The third-order valence-electron chi connectivity index (χ3n) is 5.39. The molecular formula is C26H35N2O4+. The molecule has 1 atom stereocenters. The van der Waals surface area contributed by atoms with Gasteiger partial charge < -0.3 is 24.5 Å². The quantitative estimate of drug-likeness (QED) is 0.527. The first-order valence-corrected chi connectivity index (χ1v) is 11.1. The van der Waals surface area contributed by atoms with Crippen LogP contribution in [0.5, 0.6) is 5.75 Å². The number of aryl methyl sites for hydroxylation is 1. The summed E-state index contributed by atoms with van der Waals surface area (Å²) in [6, 6.07) is 13.9. The number of quaternary nitrogens is 1. The zero-order valence-corrected chi connectivity index (χ0v) is 19.9. The van der Waals surface area contributed by atoms with Gasteiger partial charge in [0.25, 0.3) is 0 Å². The molecular weight excluding hydrogens is 404 g/mol. The van der Waals surface area contributed by atoms with Crippen LogP contribution in [0.15, 0.2) is 42.5 Å². The van der Waals surface area contributed by atoms with Gasteiger partial charge in [0.2, 0.25) is 0 Å². The Labute approximate surface area is 190 Å². The van der Waals surface area contributed by atoms with Gasteiger partial charge in [0.1, 0.15) is 25.0 Å². The summed E-state index contributed by atoms with van der Waals surface area (Å²) in [5.74, 6) is 0.261. The molecule has 0 aliphatic carbocycles. The lowest BCUT2D eigenvalue weighted by atomic mass is 10.1. The van der Waals surface area contributed by atoms with Crippen LogP contribution in [0, 0.1) is 13.8 Å². The SMILES string of the molecule is CCOC(=O)c1c(C)n(-c2ccc(C)cc2)c2ccc(OCC(O)C[NH2+]C(C)(C)C)cc12. The van der Waals surface area contributed by atoms with E-state index in [1.54, 1.807) is 6.92 Å². The highest BCUT2D eigenvalue weighted by molar-refractivity contribution is 6.07. The zero-order chi connectivity index (χ0) is 23.5. The first-order chi connectivity index (χ1) is 15.1. The van der Waals surface area contributed by atoms with Crippen LogP contribution in [-0.4, -0.2) is 47.0 Å². The van der Waals surface area contributed by atoms with Gasteiger partial charge in [0.15, 0.2) is 0 Å². The van der Waals surface area contributed by atoms with Crippen LogP contribution in [-0.2, 0) is 4.74 Å². The molecule has 0 aliphatic rings. The largest absolute Gasteiger partial charge is 0.491 e. The molecule has 172 valence electrons. The second kappa shape index (κ2) is 9.76. The van der Waals surface area contributed by atoms with Gasteiger partial charge >= 0.3 is 5.97 Å². The predicted octanol–water partition coefficient (Wildman–Crippen LogP) is 3.53. The van der Waals surface area contributed by atoms with Gasteiger partial charge in [-0.15, -0.1) is 0 Å². The van der Waals surface area contributed by atoms with Crippen LogP contribution in [0.3, 0.4) is 0 Å². The van der Waals surface area contributed by atoms with E-state index < -0.39 is 6.10 Å². The molecule has 2 aromatic carbocycles. The number of aliphatic hydroxyl groups excluding tert-OH is 1. The highest BCUT2D eigenvalue weighted by Gasteiger charge is 2.23. The molecule has 0 saturated carbocycles. The highest BCUT2D eigenvalue weighted by Crippen LogP contribution is 2.32. The number of benzene rings is 2. The van der Waals surface area contributed by atoms with E-state index in [-0.39, 0.29) is 18.1 Å². The number of carbonyl (C=O) groups is 1. The molecule has 6 nitrogen and oxygen atoms in total. The summed E-state index contributed by atoms with van der Waals surface area (Å²) in [5, 5.41) is 13.1. The third-order valence-corrected chi connectivity index (χ3v) is 5.39. The van der Waals surface area contributed by atoms with Gasteiger partial charge in [0, 0.05) is 16.8 Å². The van der Waals surface area contributed by atoms with Crippen molar-refractivity contribution >= 4 is 16.9 Å². The Balaban J connectivity index is 1.95. The van der Waals surface area contributed by atoms with E-state index in [1.165, 1.54) is 5.56 Å². The average molecular weight is 440 g/mol. The van der Waals surface area contributed by atoms with Gasteiger partial charge in [-0.25, -0.2) is 4.79 Å². The monoisotopic (exact) mass is 439 g/mol. The maximum absolute atomic E-state index is 12.8. The van der Waals surface area contributed by atoms with E-state index >= 15 is 0 Å². The Morgan fingerprint density at radius 1 is 1.12 bits per heavy atom. The molecule has 3 rings (SSSR count). The Bertz CT molecular complexity index is 1080. The van der Waals surface area contributed by atoms with Crippen LogP contribution in [0.25, 0.3) is 16.6 Å². The van der Waals surface area contributed by atoms with Crippen molar-refractivity contribution < 1.29 is 24.7 Å². The number of aromatic nitrogens is 1. The molecule has 1 aromatic heterocycles. The van der Waals surface area contributed by atoms with Crippen molar-refractivity contribution in [1.29, 1.82) is 0 Å². The van der Waals surface area contributed by atoms with Crippen LogP contribution in [0.1, 0.15) is 49.3 Å². The molecule has 3 N–H and O–H groups in total. The van der Waals surface area contributed by atoms with E-state index in [0.717, 1.165) is 22.3 Å². The number of aliphatic hydroxyl groups is 1. The summed E-state index contributed by atoms with van der Waals surface area (Å²) in [6.45, 7) is 13.1. The van der Waals surface area contributed by atoms with Crippen LogP contribution >= 0.6 is 0 Å². The minimum Gasteiger partial charge on any atom is -0.491 e. The molecule has 0 fully saturated rings. The molecule has 3 aromatic rings. The van der Waals surface area contributed by atoms with Gasteiger partial charge in [-0.05, 0) is 71.9 Å². The fourth-order valence-corrected chi connectivity index (χ4v) is 3.73. The van der Waals surface area contributed by atoms with Gasteiger partial charge in [-0.2, -0.15) is 0 Å². The molecule has 6 heteroatoms. The molecule has 1 heterocycles. The Kier molecular flexibility index (Phi) is 7.26. The second-order valence-electron chi connectivity index (χ2n) is 9.30. The smallest absolute Gasteiger partial charge is 0.340 e. The fraction of sp³-hybridized carbons (Fsp3) is 0.423. The van der Waals surface area contributed by atoms with Crippen LogP contribution in [0.4, 0.5) is 0 Å². The lowest BCUT2D eigenvalue weighted by Crippen LogP contribution is -2.96. The number of hydrogen-bond donors (Lipinski definition) is 2. The summed E-state index contributed by atoms with van der Waals surface area (Å²) >= 11 is 0.